The summed E-state index contributed by atoms with van der Waals surface area (Å²) < 4.78 is 0. The Labute approximate surface area is 189 Å². The normalized spacial score (nSPS) is 11.1. The van der Waals surface area contributed by atoms with Gasteiger partial charge in [-0.3, -0.25) is 0 Å². The summed E-state index contributed by atoms with van der Waals surface area (Å²) in [5.74, 6) is -0.801. The monoisotopic (exact) mass is 480 g/mol. The van der Waals surface area contributed by atoms with Crippen molar-refractivity contribution in [3.63, 3.8) is 0 Å². The summed E-state index contributed by atoms with van der Waals surface area (Å²) in [5, 5.41) is 13.1. The van der Waals surface area contributed by atoms with Gasteiger partial charge in [-0.1, -0.05) is 0 Å². The molecule has 0 aliphatic carbocycles. The standard InChI is InChI=1S/C26H25O2P.BrH/c1-4-20-7-13-23(14-8-20)29(19-26(27)28,24-15-9-21(5-2)10-16-24)25-17-11-22(6-3)12-18-25;/h4-18,29H,1-3,19H2,(H,27,28);1H. The van der Waals surface area contributed by atoms with E-state index in [1.807, 2.05) is 36.4 Å². The maximum absolute atomic E-state index is 12.1. The van der Waals surface area contributed by atoms with Crippen molar-refractivity contribution in [3.05, 3.63) is 109 Å². The molecule has 0 spiro atoms. The van der Waals surface area contributed by atoms with Crippen molar-refractivity contribution in [3.8, 4) is 0 Å². The van der Waals surface area contributed by atoms with Gasteiger partial charge in [-0.05, 0) is 0 Å². The predicted octanol–water partition coefficient (Wildman–Crippen LogP) is 5.30. The second-order valence-corrected chi connectivity index (χ2v) is 10.9. The minimum absolute atomic E-state index is 0. The van der Waals surface area contributed by atoms with Crippen LogP contribution in [0, 0.1) is 0 Å². The second kappa shape index (κ2) is 10.3. The fourth-order valence-corrected chi connectivity index (χ4v) is 8.02. The van der Waals surface area contributed by atoms with Gasteiger partial charge in [-0.25, -0.2) is 0 Å². The molecule has 0 atom stereocenters. The van der Waals surface area contributed by atoms with Crippen LogP contribution in [0.3, 0.4) is 0 Å². The number of hydrogen-bond acceptors (Lipinski definition) is 1. The van der Waals surface area contributed by atoms with Crippen LogP contribution >= 0.6 is 24.2 Å². The fourth-order valence-electron chi connectivity index (χ4n) is 3.74. The topological polar surface area (TPSA) is 37.3 Å². The minimum atomic E-state index is -2.80. The van der Waals surface area contributed by atoms with Crippen molar-refractivity contribution in [2.24, 2.45) is 0 Å². The number of carboxylic acid groups (broad SMARTS) is 1. The van der Waals surface area contributed by atoms with Crippen LogP contribution in [-0.2, 0) is 4.79 Å². The summed E-state index contributed by atoms with van der Waals surface area (Å²) in [6.07, 6.45) is 5.45. The molecule has 0 fully saturated rings. The van der Waals surface area contributed by atoms with Gasteiger partial charge in [0.2, 0.25) is 0 Å². The zero-order valence-corrected chi connectivity index (χ0v) is 19.5. The molecule has 3 aromatic rings. The van der Waals surface area contributed by atoms with Crippen molar-refractivity contribution in [2.75, 3.05) is 6.16 Å². The average Bonchev–Trinajstić information content (AvgIpc) is 2.77. The van der Waals surface area contributed by atoms with Gasteiger partial charge in [0.15, 0.2) is 0 Å². The predicted molar refractivity (Wildman–Crippen MR) is 140 cm³/mol. The zero-order valence-electron chi connectivity index (χ0n) is 16.8. The number of carboxylic acids is 1. The van der Waals surface area contributed by atoms with Crippen LogP contribution in [0.5, 0.6) is 0 Å². The summed E-state index contributed by atoms with van der Waals surface area (Å²) in [7, 11) is -2.80. The van der Waals surface area contributed by atoms with Gasteiger partial charge in [0.1, 0.15) is 0 Å². The van der Waals surface area contributed by atoms with Gasteiger partial charge in [0.25, 0.3) is 0 Å². The Morgan fingerprint density at radius 2 is 0.933 bits per heavy atom. The Kier molecular flexibility index (Phi) is 8.11. The molecular formula is C26H26BrO2P. The van der Waals surface area contributed by atoms with E-state index in [0.29, 0.717) is 0 Å². The van der Waals surface area contributed by atoms with E-state index in [1.165, 1.54) is 0 Å². The Morgan fingerprint density at radius 1 is 0.667 bits per heavy atom. The number of halogens is 1. The molecule has 0 aliphatic rings. The number of rotatable bonds is 8. The molecule has 0 saturated heterocycles. The van der Waals surface area contributed by atoms with Crippen molar-refractivity contribution in [1.82, 2.24) is 0 Å². The molecule has 1 N–H and O–H groups in total. The molecule has 0 aliphatic heterocycles. The van der Waals surface area contributed by atoms with Gasteiger partial charge in [-0.2, -0.15) is 0 Å². The van der Waals surface area contributed by atoms with Gasteiger partial charge in [0.05, 0.1) is 0 Å². The average molecular weight is 481 g/mol. The van der Waals surface area contributed by atoms with Crippen LogP contribution in [-0.4, -0.2) is 17.2 Å². The van der Waals surface area contributed by atoms with E-state index >= 15 is 0 Å². The molecule has 0 bridgehead atoms. The SMILES string of the molecule is Br.C=Cc1ccc([PH](CC(=O)O)(c2ccc(C=C)cc2)c2ccc(C=C)cc2)cc1. The van der Waals surface area contributed by atoms with Crippen molar-refractivity contribution in [2.45, 2.75) is 0 Å². The van der Waals surface area contributed by atoms with Crippen LogP contribution in [0.15, 0.2) is 92.5 Å². The molecule has 30 heavy (non-hydrogen) atoms. The molecule has 4 heteroatoms. The number of aliphatic carboxylic acids is 1. The molecule has 3 aromatic carbocycles. The van der Waals surface area contributed by atoms with E-state index in [2.05, 4.69) is 56.1 Å². The van der Waals surface area contributed by atoms with Crippen molar-refractivity contribution >= 4 is 64.4 Å². The van der Waals surface area contributed by atoms with Crippen LogP contribution in [0.25, 0.3) is 18.2 Å². The molecule has 0 unspecified atom stereocenters. The molecule has 0 radical (unpaired) electrons. The first-order chi connectivity index (χ1) is 14.0. The van der Waals surface area contributed by atoms with E-state index in [1.54, 1.807) is 18.2 Å². The third-order valence-corrected chi connectivity index (χ3v) is 10.1. The summed E-state index contributed by atoms with van der Waals surface area (Å²) in [6, 6.07) is 24.3. The second-order valence-electron chi connectivity index (χ2n) is 6.95. The quantitative estimate of drug-likeness (QED) is 0.444. The Balaban J connectivity index is 0.00000320. The first kappa shape index (κ1) is 23.5. The summed E-state index contributed by atoms with van der Waals surface area (Å²) in [6.45, 7) is 11.5. The summed E-state index contributed by atoms with van der Waals surface area (Å²) in [5.41, 5.74) is 3.03. The molecular weight excluding hydrogens is 455 g/mol. The van der Waals surface area contributed by atoms with Crippen LogP contribution < -0.4 is 15.9 Å². The molecule has 2 nitrogen and oxygen atoms in total. The van der Waals surface area contributed by atoms with E-state index in [0.717, 1.165) is 32.6 Å². The molecule has 0 saturated carbocycles. The summed E-state index contributed by atoms with van der Waals surface area (Å²) in [4.78, 5) is 12.1. The van der Waals surface area contributed by atoms with E-state index < -0.39 is 13.2 Å². The first-order valence-corrected chi connectivity index (χ1v) is 11.6. The Bertz CT molecular complexity index is 911. The Morgan fingerprint density at radius 3 is 1.13 bits per heavy atom. The fraction of sp³-hybridized carbons (Fsp3) is 0.0385. The van der Waals surface area contributed by atoms with Gasteiger partial charge in [0, 0.05) is 0 Å². The molecule has 0 amide bonds. The van der Waals surface area contributed by atoms with Crippen molar-refractivity contribution < 1.29 is 9.90 Å². The molecule has 154 valence electrons. The Hall–Kier alpha value is -2.74. The molecule has 3 rings (SSSR count). The van der Waals surface area contributed by atoms with E-state index in [4.69, 9.17) is 0 Å². The van der Waals surface area contributed by atoms with Gasteiger partial charge in [-0.15, -0.1) is 17.0 Å². The van der Waals surface area contributed by atoms with Crippen LogP contribution in [0.2, 0.25) is 0 Å². The maximum atomic E-state index is 12.1. The van der Waals surface area contributed by atoms with E-state index in [-0.39, 0.29) is 23.1 Å². The number of carbonyl (C=O) groups is 1. The third kappa shape index (κ3) is 4.70. The van der Waals surface area contributed by atoms with E-state index in [9.17, 15) is 9.90 Å². The van der Waals surface area contributed by atoms with Crippen molar-refractivity contribution in [1.29, 1.82) is 0 Å². The third-order valence-electron chi connectivity index (χ3n) is 5.33. The van der Waals surface area contributed by atoms with Gasteiger partial charge >= 0.3 is 173 Å². The molecule has 0 aromatic heterocycles. The van der Waals surface area contributed by atoms with Gasteiger partial charge < -0.3 is 0 Å². The summed E-state index contributed by atoms with van der Waals surface area (Å²) >= 11 is 0. The first-order valence-electron chi connectivity index (χ1n) is 9.44. The number of benzene rings is 3. The van der Waals surface area contributed by atoms with Crippen LogP contribution in [0.1, 0.15) is 16.7 Å². The number of hydrogen-bond donors (Lipinski definition) is 1. The molecule has 0 heterocycles. The van der Waals surface area contributed by atoms with Crippen LogP contribution in [0.4, 0.5) is 0 Å². The zero-order chi connectivity index (χ0) is 20.9.